The van der Waals surface area contributed by atoms with Crippen LogP contribution in [0.1, 0.15) is 50.3 Å². The third kappa shape index (κ3) is 5.10. The molecular weight excluding hydrogens is 440 g/mol. The topological polar surface area (TPSA) is 65.0 Å². The Kier molecular flexibility index (Phi) is 7.57. The number of carboxylic acids is 1. The van der Waals surface area contributed by atoms with Crippen molar-refractivity contribution in [1.29, 1.82) is 0 Å². The fourth-order valence-corrected chi connectivity index (χ4v) is 4.37. The van der Waals surface area contributed by atoms with Crippen LogP contribution in [0.2, 0.25) is 0 Å². The molecule has 182 valence electrons. The largest absolute Gasteiger partial charge is 0.494 e. The summed E-state index contributed by atoms with van der Waals surface area (Å²) in [5, 5.41) is 9.62. The van der Waals surface area contributed by atoms with Crippen molar-refractivity contribution in [2.45, 2.75) is 39.2 Å². The fourth-order valence-electron chi connectivity index (χ4n) is 4.37. The van der Waals surface area contributed by atoms with Crippen LogP contribution in [-0.2, 0) is 15.1 Å². The van der Waals surface area contributed by atoms with E-state index in [-0.39, 0.29) is 0 Å². The molecule has 5 nitrogen and oxygen atoms in total. The molecule has 1 aliphatic carbocycles. The maximum atomic E-state index is 11.7. The SMILES string of the molecule is CCCCOc1ccc2c(c1)C(=CCOc1ccc(C(C)(OCC)C(=O)O)cc1)c1ccccc1-2. The van der Waals surface area contributed by atoms with Gasteiger partial charge in [0.25, 0.3) is 0 Å². The van der Waals surface area contributed by atoms with E-state index in [0.717, 1.165) is 29.7 Å². The summed E-state index contributed by atoms with van der Waals surface area (Å²) in [7, 11) is 0. The summed E-state index contributed by atoms with van der Waals surface area (Å²) in [6, 6.07) is 21.7. The van der Waals surface area contributed by atoms with Crippen LogP contribution in [0.15, 0.2) is 72.8 Å². The van der Waals surface area contributed by atoms with Crippen LogP contribution in [-0.4, -0.2) is 30.9 Å². The first kappa shape index (κ1) is 24.6. The van der Waals surface area contributed by atoms with Gasteiger partial charge in [-0.25, -0.2) is 4.79 Å². The van der Waals surface area contributed by atoms with Crippen molar-refractivity contribution in [3.05, 3.63) is 89.5 Å². The van der Waals surface area contributed by atoms with Crippen molar-refractivity contribution in [1.82, 2.24) is 0 Å². The van der Waals surface area contributed by atoms with E-state index in [1.165, 1.54) is 16.7 Å². The first-order valence-corrected chi connectivity index (χ1v) is 12.2. The van der Waals surface area contributed by atoms with E-state index in [2.05, 4.69) is 49.4 Å². The van der Waals surface area contributed by atoms with E-state index >= 15 is 0 Å². The number of hydrogen-bond donors (Lipinski definition) is 1. The molecule has 3 aromatic carbocycles. The van der Waals surface area contributed by atoms with E-state index in [0.29, 0.717) is 31.1 Å². The number of ether oxygens (including phenoxy) is 3. The normalized spacial score (nSPS) is 14.8. The van der Waals surface area contributed by atoms with Crippen LogP contribution in [0.5, 0.6) is 11.5 Å². The molecule has 1 atom stereocenters. The minimum Gasteiger partial charge on any atom is -0.494 e. The number of carboxylic acid groups (broad SMARTS) is 1. The zero-order chi connectivity index (χ0) is 24.8. The molecule has 0 aliphatic heterocycles. The second-order valence-electron chi connectivity index (χ2n) is 8.68. The number of unbranched alkanes of at least 4 members (excludes halogenated alkanes) is 1. The number of benzene rings is 3. The predicted octanol–water partition coefficient (Wildman–Crippen LogP) is 6.69. The number of rotatable bonds is 11. The van der Waals surface area contributed by atoms with Crippen LogP contribution < -0.4 is 9.47 Å². The van der Waals surface area contributed by atoms with Crippen molar-refractivity contribution in [2.24, 2.45) is 0 Å². The highest BCUT2D eigenvalue weighted by atomic mass is 16.5. The molecule has 5 heteroatoms. The molecule has 0 spiro atoms. The van der Waals surface area contributed by atoms with Gasteiger partial charge < -0.3 is 19.3 Å². The summed E-state index contributed by atoms with van der Waals surface area (Å²) in [5.41, 5.74) is 5.05. The Bertz CT molecular complexity index is 1210. The van der Waals surface area contributed by atoms with Crippen LogP contribution in [0.4, 0.5) is 0 Å². The molecule has 0 heterocycles. The lowest BCUT2D eigenvalue weighted by atomic mass is 9.96. The molecule has 35 heavy (non-hydrogen) atoms. The highest BCUT2D eigenvalue weighted by Gasteiger charge is 2.36. The smallest absolute Gasteiger partial charge is 0.340 e. The molecule has 1 aliphatic rings. The Morgan fingerprint density at radius 3 is 2.26 bits per heavy atom. The Morgan fingerprint density at radius 2 is 1.57 bits per heavy atom. The van der Waals surface area contributed by atoms with Gasteiger partial charge in [0.15, 0.2) is 5.60 Å². The highest BCUT2D eigenvalue weighted by Crippen LogP contribution is 2.45. The van der Waals surface area contributed by atoms with Crippen molar-refractivity contribution in [2.75, 3.05) is 19.8 Å². The quantitative estimate of drug-likeness (QED) is 0.246. The van der Waals surface area contributed by atoms with Gasteiger partial charge in [-0.3, -0.25) is 0 Å². The van der Waals surface area contributed by atoms with E-state index in [9.17, 15) is 9.90 Å². The summed E-state index contributed by atoms with van der Waals surface area (Å²) in [5.74, 6) is 0.524. The third-order valence-electron chi connectivity index (χ3n) is 6.34. The number of carbonyl (C=O) groups is 1. The van der Waals surface area contributed by atoms with Crippen molar-refractivity contribution >= 4 is 11.5 Å². The molecule has 0 radical (unpaired) electrons. The summed E-state index contributed by atoms with van der Waals surface area (Å²) >= 11 is 0. The molecule has 4 rings (SSSR count). The van der Waals surface area contributed by atoms with Gasteiger partial charge in [-0.15, -0.1) is 0 Å². The van der Waals surface area contributed by atoms with Gasteiger partial charge >= 0.3 is 5.97 Å². The fraction of sp³-hybridized carbons (Fsp3) is 0.300. The number of hydrogen-bond acceptors (Lipinski definition) is 4. The van der Waals surface area contributed by atoms with Crippen LogP contribution in [0, 0.1) is 0 Å². The second kappa shape index (κ2) is 10.8. The maximum Gasteiger partial charge on any atom is 0.340 e. The summed E-state index contributed by atoms with van der Waals surface area (Å²) in [4.78, 5) is 11.7. The Hall–Kier alpha value is -3.57. The van der Waals surface area contributed by atoms with Gasteiger partial charge in [-0.05, 0) is 84.0 Å². The second-order valence-corrected chi connectivity index (χ2v) is 8.68. The maximum absolute atomic E-state index is 11.7. The molecule has 0 amide bonds. The average Bonchev–Trinajstić information content (AvgIpc) is 3.18. The van der Waals surface area contributed by atoms with Gasteiger partial charge in [-0.1, -0.05) is 55.8 Å². The Morgan fingerprint density at radius 1 is 0.886 bits per heavy atom. The summed E-state index contributed by atoms with van der Waals surface area (Å²) in [6.45, 7) is 6.90. The van der Waals surface area contributed by atoms with E-state index in [1.807, 2.05) is 6.07 Å². The van der Waals surface area contributed by atoms with Crippen LogP contribution in [0.25, 0.3) is 16.7 Å². The monoisotopic (exact) mass is 472 g/mol. The predicted molar refractivity (Wildman–Crippen MR) is 138 cm³/mol. The third-order valence-corrected chi connectivity index (χ3v) is 6.34. The number of aliphatic carboxylic acids is 1. The lowest BCUT2D eigenvalue weighted by molar-refractivity contribution is -0.164. The number of fused-ring (bicyclic) bond motifs is 3. The van der Waals surface area contributed by atoms with Crippen molar-refractivity contribution in [3.63, 3.8) is 0 Å². The molecule has 3 aromatic rings. The van der Waals surface area contributed by atoms with Gasteiger partial charge in [0.2, 0.25) is 0 Å². The van der Waals surface area contributed by atoms with E-state index in [4.69, 9.17) is 14.2 Å². The van der Waals surface area contributed by atoms with E-state index < -0.39 is 11.6 Å². The van der Waals surface area contributed by atoms with Gasteiger partial charge in [0.05, 0.1) is 6.61 Å². The lowest BCUT2D eigenvalue weighted by Gasteiger charge is -2.25. The molecule has 0 fully saturated rings. The first-order valence-electron chi connectivity index (χ1n) is 12.2. The zero-order valence-corrected chi connectivity index (χ0v) is 20.5. The molecule has 1 unspecified atom stereocenters. The van der Waals surface area contributed by atoms with Gasteiger partial charge in [0.1, 0.15) is 18.1 Å². The molecule has 1 N–H and O–H groups in total. The molecular formula is C30H32O5. The van der Waals surface area contributed by atoms with Gasteiger partial charge in [0, 0.05) is 6.61 Å². The first-order chi connectivity index (χ1) is 17.0. The summed E-state index contributed by atoms with van der Waals surface area (Å²) in [6.07, 6.45) is 4.22. The Labute approximate surface area is 207 Å². The van der Waals surface area contributed by atoms with Crippen molar-refractivity contribution in [3.8, 4) is 22.6 Å². The van der Waals surface area contributed by atoms with Crippen LogP contribution >= 0.6 is 0 Å². The standard InChI is InChI=1S/C30H32O5/c1-4-6-18-33-23-15-16-26-24-9-7-8-10-25(24)27(28(26)20-23)17-19-34-22-13-11-21(12-14-22)30(3,29(31)32)35-5-2/h7-17,20H,4-6,18-19H2,1-3H3,(H,31,32). The zero-order valence-electron chi connectivity index (χ0n) is 20.5. The molecule has 0 aromatic heterocycles. The average molecular weight is 473 g/mol. The van der Waals surface area contributed by atoms with Gasteiger partial charge in [-0.2, -0.15) is 0 Å². The van der Waals surface area contributed by atoms with Crippen molar-refractivity contribution < 1.29 is 24.1 Å². The van der Waals surface area contributed by atoms with E-state index in [1.54, 1.807) is 38.1 Å². The van der Waals surface area contributed by atoms with Crippen LogP contribution in [0.3, 0.4) is 0 Å². The highest BCUT2D eigenvalue weighted by molar-refractivity contribution is 6.01. The summed E-state index contributed by atoms with van der Waals surface area (Å²) < 4.78 is 17.5. The molecule has 0 saturated carbocycles. The lowest BCUT2D eigenvalue weighted by Crippen LogP contribution is -2.35. The molecule has 0 saturated heterocycles. The minimum absolute atomic E-state index is 0.308. The molecule has 0 bridgehead atoms. The Balaban J connectivity index is 1.53. The minimum atomic E-state index is -1.39.